The van der Waals surface area contributed by atoms with E-state index in [0.29, 0.717) is 5.75 Å². The number of aromatic nitrogens is 2. The molecule has 0 saturated carbocycles. The Labute approximate surface area is 56.1 Å². The number of hydrogen-bond acceptors (Lipinski definition) is 3. The number of nitrogens with zero attached hydrogens (tertiary/aromatic N) is 2. The van der Waals surface area contributed by atoms with E-state index in [0.717, 1.165) is 5.16 Å². The number of carbonyl (C=O) groups excluding carboxylic acids is 1. The van der Waals surface area contributed by atoms with Crippen molar-refractivity contribution in [3.63, 3.8) is 0 Å². The minimum Gasteiger partial charge on any atom is -0.273 e. The van der Waals surface area contributed by atoms with Gasteiger partial charge in [-0.05, 0) is 0 Å². The summed E-state index contributed by atoms with van der Waals surface area (Å²) in [6.07, 6.45) is 4.17. The van der Waals surface area contributed by atoms with Crippen LogP contribution in [0, 0.1) is 6.20 Å². The SMILES string of the molecule is O=C1CSc2n[c]cn21. The second-order valence-corrected chi connectivity index (χ2v) is 2.65. The van der Waals surface area contributed by atoms with Gasteiger partial charge in [-0.1, -0.05) is 11.8 Å². The van der Waals surface area contributed by atoms with Crippen molar-refractivity contribution in [1.29, 1.82) is 0 Å². The normalized spacial score (nSPS) is 16.2. The highest BCUT2D eigenvalue weighted by Gasteiger charge is 2.18. The molecular formula is C5H3N2OS. The van der Waals surface area contributed by atoms with Crippen LogP contribution in [0.1, 0.15) is 4.79 Å². The van der Waals surface area contributed by atoms with Gasteiger partial charge in [-0.3, -0.25) is 9.36 Å². The molecule has 1 aromatic heterocycles. The lowest BCUT2D eigenvalue weighted by Gasteiger charge is -1.85. The number of fused-ring (bicyclic) bond motifs is 1. The molecule has 0 spiro atoms. The summed E-state index contributed by atoms with van der Waals surface area (Å²) < 4.78 is 1.52. The Kier molecular flexibility index (Phi) is 0.900. The summed E-state index contributed by atoms with van der Waals surface area (Å²) in [6, 6.07) is 0. The number of hydrogen-bond donors (Lipinski definition) is 0. The summed E-state index contributed by atoms with van der Waals surface area (Å²) in [5, 5.41) is 0.764. The van der Waals surface area contributed by atoms with Gasteiger partial charge in [0.1, 0.15) is 6.20 Å². The molecule has 0 atom stereocenters. The molecule has 1 aromatic rings. The van der Waals surface area contributed by atoms with E-state index >= 15 is 0 Å². The third-order valence-corrected chi connectivity index (χ3v) is 2.08. The highest BCUT2D eigenvalue weighted by molar-refractivity contribution is 8.00. The molecule has 1 aliphatic rings. The molecule has 2 rings (SSSR count). The molecule has 0 unspecified atom stereocenters. The van der Waals surface area contributed by atoms with E-state index in [-0.39, 0.29) is 5.91 Å². The number of rotatable bonds is 0. The Balaban J connectivity index is 2.61. The lowest BCUT2D eigenvalue weighted by atomic mass is 10.7. The van der Waals surface area contributed by atoms with Crippen LogP contribution in [0.4, 0.5) is 0 Å². The van der Waals surface area contributed by atoms with Crippen LogP contribution in [-0.2, 0) is 0 Å². The Hall–Kier alpha value is -0.770. The van der Waals surface area contributed by atoms with Crippen molar-refractivity contribution in [3.05, 3.63) is 12.4 Å². The third-order valence-electron chi connectivity index (χ3n) is 1.15. The van der Waals surface area contributed by atoms with Crippen LogP contribution in [0.2, 0.25) is 0 Å². The van der Waals surface area contributed by atoms with E-state index in [4.69, 9.17) is 0 Å². The molecule has 0 aromatic carbocycles. The molecule has 45 valence electrons. The minimum atomic E-state index is 0.101. The van der Waals surface area contributed by atoms with Crippen LogP contribution >= 0.6 is 11.8 Å². The summed E-state index contributed by atoms with van der Waals surface area (Å²) in [6.45, 7) is 0. The summed E-state index contributed by atoms with van der Waals surface area (Å²) in [4.78, 5) is 14.6. The lowest BCUT2D eigenvalue weighted by molar-refractivity contribution is 0.0939. The van der Waals surface area contributed by atoms with Crippen LogP contribution in [0.5, 0.6) is 0 Å². The van der Waals surface area contributed by atoms with Crippen LogP contribution in [0.15, 0.2) is 11.4 Å². The first kappa shape index (κ1) is 5.05. The molecule has 0 N–H and O–H groups in total. The van der Waals surface area contributed by atoms with E-state index in [1.165, 1.54) is 16.3 Å². The third kappa shape index (κ3) is 0.595. The molecule has 0 bridgehead atoms. The van der Waals surface area contributed by atoms with Gasteiger partial charge in [0.15, 0.2) is 5.16 Å². The molecular weight excluding hydrogens is 136 g/mol. The van der Waals surface area contributed by atoms with Gasteiger partial charge in [0, 0.05) is 6.20 Å². The minimum absolute atomic E-state index is 0.101. The van der Waals surface area contributed by atoms with Gasteiger partial charge in [0.2, 0.25) is 5.91 Å². The van der Waals surface area contributed by atoms with Crippen molar-refractivity contribution in [2.45, 2.75) is 5.16 Å². The molecule has 9 heavy (non-hydrogen) atoms. The Bertz CT molecular complexity index is 255. The summed E-state index contributed by atoms with van der Waals surface area (Å²) in [5.41, 5.74) is 0. The van der Waals surface area contributed by atoms with Crippen LogP contribution in [-0.4, -0.2) is 21.2 Å². The van der Waals surface area contributed by atoms with Crippen LogP contribution in [0.3, 0.4) is 0 Å². The van der Waals surface area contributed by atoms with E-state index in [2.05, 4.69) is 11.2 Å². The summed E-state index contributed by atoms with van der Waals surface area (Å²) in [7, 11) is 0. The molecule has 0 aliphatic carbocycles. The van der Waals surface area contributed by atoms with Gasteiger partial charge in [0.05, 0.1) is 5.75 Å². The number of thioether (sulfide) groups is 1. The Morgan fingerprint density at radius 3 is 3.56 bits per heavy atom. The standard InChI is InChI=1S/C5H3N2OS/c8-4-3-9-5-6-1-2-7(4)5/h2H,3H2. The monoisotopic (exact) mass is 139 g/mol. The highest BCUT2D eigenvalue weighted by Crippen LogP contribution is 2.21. The fraction of sp³-hybridized carbons (Fsp3) is 0.200. The molecule has 2 heterocycles. The molecule has 0 fully saturated rings. The zero-order chi connectivity index (χ0) is 6.27. The molecule has 1 aliphatic heterocycles. The Morgan fingerprint density at radius 1 is 1.89 bits per heavy atom. The fourth-order valence-corrected chi connectivity index (χ4v) is 1.53. The van der Waals surface area contributed by atoms with Crippen LogP contribution in [0.25, 0.3) is 0 Å². The Morgan fingerprint density at radius 2 is 2.78 bits per heavy atom. The lowest BCUT2D eigenvalue weighted by Crippen LogP contribution is -2.04. The second-order valence-electron chi connectivity index (χ2n) is 1.70. The second kappa shape index (κ2) is 1.60. The molecule has 3 nitrogen and oxygen atoms in total. The molecule has 0 saturated heterocycles. The van der Waals surface area contributed by atoms with Gasteiger partial charge in [-0.2, -0.15) is 0 Å². The average Bonchev–Trinajstić information content (AvgIpc) is 2.35. The van der Waals surface area contributed by atoms with E-state index in [1.54, 1.807) is 6.20 Å². The van der Waals surface area contributed by atoms with Gasteiger partial charge in [-0.15, -0.1) is 0 Å². The predicted octanol–water partition coefficient (Wildman–Crippen LogP) is 0.429. The number of carbonyl (C=O) groups is 1. The van der Waals surface area contributed by atoms with Gasteiger partial charge < -0.3 is 0 Å². The largest absolute Gasteiger partial charge is 0.273 e. The topological polar surface area (TPSA) is 34.9 Å². The first-order valence-corrected chi connectivity index (χ1v) is 3.48. The zero-order valence-electron chi connectivity index (χ0n) is 4.50. The van der Waals surface area contributed by atoms with E-state index in [9.17, 15) is 4.79 Å². The molecule has 1 radical (unpaired) electrons. The smallest absolute Gasteiger partial charge is 0.243 e. The summed E-state index contributed by atoms with van der Waals surface area (Å²) >= 11 is 1.45. The van der Waals surface area contributed by atoms with Crippen molar-refractivity contribution >= 4 is 17.7 Å². The average molecular weight is 139 g/mol. The van der Waals surface area contributed by atoms with Crippen molar-refractivity contribution in [2.24, 2.45) is 0 Å². The predicted molar refractivity (Wildman–Crippen MR) is 32.4 cm³/mol. The maximum atomic E-state index is 10.8. The summed E-state index contributed by atoms with van der Waals surface area (Å²) in [5.74, 6) is 0.626. The van der Waals surface area contributed by atoms with Gasteiger partial charge >= 0.3 is 0 Å². The van der Waals surface area contributed by atoms with Crippen molar-refractivity contribution in [3.8, 4) is 0 Å². The van der Waals surface area contributed by atoms with Gasteiger partial charge in [-0.25, -0.2) is 4.98 Å². The molecule has 4 heteroatoms. The quantitative estimate of drug-likeness (QED) is 0.522. The van der Waals surface area contributed by atoms with Crippen molar-refractivity contribution < 1.29 is 4.79 Å². The zero-order valence-corrected chi connectivity index (χ0v) is 5.31. The van der Waals surface area contributed by atoms with Crippen molar-refractivity contribution in [1.82, 2.24) is 9.55 Å². The van der Waals surface area contributed by atoms with Crippen molar-refractivity contribution in [2.75, 3.05) is 5.75 Å². The molecule has 0 amide bonds. The highest BCUT2D eigenvalue weighted by atomic mass is 32.2. The number of imidazole rings is 1. The first-order chi connectivity index (χ1) is 4.38. The maximum Gasteiger partial charge on any atom is 0.243 e. The van der Waals surface area contributed by atoms with Gasteiger partial charge in [0.25, 0.3) is 0 Å². The maximum absolute atomic E-state index is 10.8. The van der Waals surface area contributed by atoms with E-state index < -0.39 is 0 Å². The van der Waals surface area contributed by atoms with E-state index in [1.807, 2.05) is 0 Å². The first-order valence-electron chi connectivity index (χ1n) is 2.49. The van der Waals surface area contributed by atoms with Crippen LogP contribution < -0.4 is 0 Å². The fourth-order valence-electron chi connectivity index (χ4n) is 0.727.